The molecule has 1 heterocycles. The highest BCUT2D eigenvalue weighted by Crippen LogP contribution is 2.35. The maximum atomic E-state index is 14.2. The van der Waals surface area contributed by atoms with E-state index in [1.165, 1.54) is 13.2 Å². The number of aromatic nitrogens is 1. The van der Waals surface area contributed by atoms with Crippen LogP contribution in [0.3, 0.4) is 0 Å². The van der Waals surface area contributed by atoms with Crippen LogP contribution in [0.5, 0.6) is 11.6 Å². The van der Waals surface area contributed by atoms with E-state index >= 15 is 0 Å². The Morgan fingerprint density at radius 1 is 1.04 bits per heavy atom. The molecule has 0 aliphatic rings. The smallest absolute Gasteiger partial charge is 0.213 e. The highest BCUT2D eigenvalue weighted by atomic mass is 19.1. The second-order valence-electron chi connectivity index (χ2n) is 5.24. The summed E-state index contributed by atoms with van der Waals surface area (Å²) >= 11 is 0. The zero-order valence-corrected chi connectivity index (χ0v) is 13.2. The van der Waals surface area contributed by atoms with Crippen LogP contribution < -0.4 is 15.2 Å². The molecule has 0 spiro atoms. The molecule has 0 aliphatic carbocycles. The molecule has 4 nitrogen and oxygen atoms in total. The Morgan fingerprint density at radius 3 is 2.58 bits per heavy atom. The first-order chi connectivity index (χ1) is 11.7. The lowest BCUT2D eigenvalue weighted by Crippen LogP contribution is -1.99. The first-order valence-corrected chi connectivity index (χ1v) is 7.43. The Hall–Kier alpha value is -3.08. The van der Waals surface area contributed by atoms with Crippen molar-refractivity contribution in [2.75, 3.05) is 12.8 Å². The van der Waals surface area contributed by atoms with Crippen molar-refractivity contribution in [2.24, 2.45) is 0 Å². The van der Waals surface area contributed by atoms with Gasteiger partial charge < -0.3 is 15.2 Å². The van der Waals surface area contributed by atoms with E-state index in [4.69, 9.17) is 15.2 Å². The Kier molecular flexibility index (Phi) is 4.61. The summed E-state index contributed by atoms with van der Waals surface area (Å²) in [6, 6.07) is 16.4. The topological polar surface area (TPSA) is 57.4 Å². The second-order valence-corrected chi connectivity index (χ2v) is 5.24. The number of anilines is 1. The van der Waals surface area contributed by atoms with Gasteiger partial charge in [0.15, 0.2) is 0 Å². The van der Waals surface area contributed by atoms with E-state index < -0.39 is 5.82 Å². The number of methoxy groups -OCH3 is 1. The standard InChI is InChI=1S/C19H17FN2O2/c1-23-19-10-16(17(20)11-22-19)15-8-7-14(21)9-18(15)24-12-13-5-3-2-4-6-13/h2-11H,12,21H2,1H3. The Morgan fingerprint density at radius 2 is 1.83 bits per heavy atom. The summed E-state index contributed by atoms with van der Waals surface area (Å²) < 4.78 is 25.2. The molecule has 122 valence electrons. The quantitative estimate of drug-likeness (QED) is 0.719. The van der Waals surface area contributed by atoms with Crippen molar-refractivity contribution in [3.05, 3.63) is 72.2 Å². The van der Waals surface area contributed by atoms with Gasteiger partial charge in [0.05, 0.1) is 13.3 Å². The third kappa shape index (κ3) is 3.46. The van der Waals surface area contributed by atoms with Crippen molar-refractivity contribution in [3.8, 4) is 22.8 Å². The number of nitrogen functional groups attached to an aromatic ring is 1. The van der Waals surface area contributed by atoms with Crippen molar-refractivity contribution >= 4 is 5.69 Å². The van der Waals surface area contributed by atoms with Gasteiger partial charge in [-0.3, -0.25) is 0 Å². The van der Waals surface area contributed by atoms with Crippen LogP contribution in [0.4, 0.5) is 10.1 Å². The molecule has 3 rings (SSSR count). The summed E-state index contributed by atoms with van der Waals surface area (Å²) in [5.41, 5.74) is 8.36. The van der Waals surface area contributed by atoms with E-state index in [-0.39, 0.29) is 0 Å². The minimum atomic E-state index is -0.454. The lowest BCUT2D eigenvalue weighted by molar-refractivity contribution is 0.307. The number of nitrogens with zero attached hydrogens (tertiary/aromatic N) is 1. The van der Waals surface area contributed by atoms with Crippen molar-refractivity contribution < 1.29 is 13.9 Å². The Labute approximate surface area is 139 Å². The van der Waals surface area contributed by atoms with Crippen LogP contribution in [0.1, 0.15) is 5.56 Å². The third-order valence-electron chi connectivity index (χ3n) is 3.57. The first kappa shape index (κ1) is 15.8. The number of hydrogen-bond donors (Lipinski definition) is 1. The fourth-order valence-corrected chi connectivity index (χ4v) is 2.35. The number of nitrogens with two attached hydrogens (primary N) is 1. The SMILES string of the molecule is COc1cc(-c2ccc(N)cc2OCc2ccccc2)c(F)cn1. The van der Waals surface area contributed by atoms with E-state index in [9.17, 15) is 4.39 Å². The zero-order chi connectivity index (χ0) is 16.9. The molecule has 0 aliphatic heterocycles. The van der Waals surface area contributed by atoms with Gasteiger partial charge in [-0.2, -0.15) is 0 Å². The average Bonchev–Trinajstić information content (AvgIpc) is 2.62. The molecule has 0 saturated carbocycles. The molecule has 24 heavy (non-hydrogen) atoms. The third-order valence-corrected chi connectivity index (χ3v) is 3.57. The second kappa shape index (κ2) is 7.00. The number of halogens is 1. The molecular formula is C19H17FN2O2. The molecule has 0 fully saturated rings. The van der Waals surface area contributed by atoms with Gasteiger partial charge in [0.2, 0.25) is 5.88 Å². The monoisotopic (exact) mass is 324 g/mol. The predicted molar refractivity (Wildman–Crippen MR) is 91.4 cm³/mol. The average molecular weight is 324 g/mol. The van der Waals surface area contributed by atoms with Crippen LogP contribution in [0, 0.1) is 5.82 Å². The highest BCUT2D eigenvalue weighted by Gasteiger charge is 2.14. The zero-order valence-electron chi connectivity index (χ0n) is 13.2. The number of hydrogen-bond acceptors (Lipinski definition) is 4. The van der Waals surface area contributed by atoms with Crippen LogP contribution in [-0.2, 0) is 6.61 Å². The molecule has 2 N–H and O–H groups in total. The maximum Gasteiger partial charge on any atom is 0.213 e. The normalized spacial score (nSPS) is 10.4. The molecule has 2 aromatic carbocycles. The molecular weight excluding hydrogens is 307 g/mol. The molecule has 0 radical (unpaired) electrons. The minimum absolute atomic E-state index is 0.331. The Balaban J connectivity index is 1.97. The summed E-state index contributed by atoms with van der Waals surface area (Å²) in [5.74, 6) is 0.383. The van der Waals surface area contributed by atoms with E-state index in [0.717, 1.165) is 11.8 Å². The maximum absolute atomic E-state index is 14.2. The minimum Gasteiger partial charge on any atom is -0.488 e. The van der Waals surface area contributed by atoms with Crippen molar-refractivity contribution in [3.63, 3.8) is 0 Å². The van der Waals surface area contributed by atoms with Crippen LogP contribution >= 0.6 is 0 Å². The van der Waals surface area contributed by atoms with Gasteiger partial charge in [0.25, 0.3) is 0 Å². The lowest BCUT2D eigenvalue weighted by Gasteiger charge is -2.14. The van der Waals surface area contributed by atoms with Crippen molar-refractivity contribution in [1.29, 1.82) is 0 Å². The van der Waals surface area contributed by atoms with Crippen LogP contribution in [0.2, 0.25) is 0 Å². The summed E-state index contributed by atoms with van der Waals surface area (Å²) in [6.45, 7) is 0.362. The molecule has 0 bridgehead atoms. The summed E-state index contributed by atoms with van der Waals surface area (Å²) in [6.07, 6.45) is 1.13. The molecule has 0 amide bonds. The van der Waals surface area contributed by atoms with Gasteiger partial charge in [-0.15, -0.1) is 0 Å². The number of benzene rings is 2. The predicted octanol–water partition coefficient (Wildman–Crippen LogP) is 4.06. The molecule has 5 heteroatoms. The highest BCUT2D eigenvalue weighted by molar-refractivity contribution is 5.74. The number of rotatable bonds is 5. The first-order valence-electron chi connectivity index (χ1n) is 7.43. The van der Waals surface area contributed by atoms with Gasteiger partial charge in [0.1, 0.15) is 18.2 Å². The molecule has 0 atom stereocenters. The van der Waals surface area contributed by atoms with Gasteiger partial charge in [-0.05, 0) is 17.7 Å². The van der Waals surface area contributed by atoms with Crippen molar-refractivity contribution in [1.82, 2.24) is 4.98 Å². The summed E-state index contributed by atoms with van der Waals surface area (Å²) in [4.78, 5) is 3.86. The van der Waals surface area contributed by atoms with Crippen LogP contribution in [0.15, 0.2) is 60.8 Å². The van der Waals surface area contributed by atoms with Crippen molar-refractivity contribution in [2.45, 2.75) is 6.61 Å². The lowest BCUT2D eigenvalue weighted by atomic mass is 10.0. The molecule has 0 unspecified atom stereocenters. The number of ether oxygens (including phenoxy) is 2. The van der Waals surface area contributed by atoms with E-state index in [1.807, 2.05) is 30.3 Å². The van der Waals surface area contributed by atoms with Crippen LogP contribution in [0.25, 0.3) is 11.1 Å². The Bertz CT molecular complexity index is 838. The van der Waals surface area contributed by atoms with Gasteiger partial charge in [0, 0.05) is 28.9 Å². The van der Waals surface area contributed by atoms with E-state index in [0.29, 0.717) is 35.1 Å². The largest absolute Gasteiger partial charge is 0.488 e. The summed E-state index contributed by atoms with van der Waals surface area (Å²) in [7, 11) is 1.49. The van der Waals surface area contributed by atoms with E-state index in [2.05, 4.69) is 4.98 Å². The van der Waals surface area contributed by atoms with Crippen LogP contribution in [-0.4, -0.2) is 12.1 Å². The summed E-state index contributed by atoms with van der Waals surface area (Å²) in [5, 5.41) is 0. The molecule has 1 aromatic heterocycles. The fourth-order valence-electron chi connectivity index (χ4n) is 2.35. The molecule has 0 saturated heterocycles. The van der Waals surface area contributed by atoms with Gasteiger partial charge in [-0.1, -0.05) is 30.3 Å². The fraction of sp³-hybridized carbons (Fsp3) is 0.105. The van der Waals surface area contributed by atoms with Gasteiger partial charge in [-0.25, -0.2) is 9.37 Å². The van der Waals surface area contributed by atoms with E-state index in [1.54, 1.807) is 18.2 Å². The number of pyridine rings is 1. The van der Waals surface area contributed by atoms with Gasteiger partial charge >= 0.3 is 0 Å². The molecule has 3 aromatic rings.